The van der Waals surface area contributed by atoms with Crippen LogP contribution in [0.5, 0.6) is 11.6 Å². The number of anilines is 2. The Bertz CT molecular complexity index is 1210. The van der Waals surface area contributed by atoms with Gasteiger partial charge in [-0.2, -0.15) is 4.98 Å². The number of urea groups is 1. The summed E-state index contributed by atoms with van der Waals surface area (Å²) in [5.41, 5.74) is 0.619. The van der Waals surface area contributed by atoms with Crippen molar-refractivity contribution in [2.75, 3.05) is 10.6 Å². The van der Waals surface area contributed by atoms with Gasteiger partial charge in [-0.25, -0.2) is 18.6 Å². The van der Waals surface area contributed by atoms with Gasteiger partial charge in [-0.05, 0) is 55.5 Å². The van der Waals surface area contributed by atoms with E-state index in [4.69, 9.17) is 4.74 Å². The fourth-order valence-corrected chi connectivity index (χ4v) is 2.79. The molecule has 7 nitrogen and oxygen atoms in total. The Balaban J connectivity index is 1.40. The molecule has 0 aliphatic carbocycles. The van der Waals surface area contributed by atoms with Crippen molar-refractivity contribution >= 4 is 17.4 Å². The van der Waals surface area contributed by atoms with Gasteiger partial charge in [-0.3, -0.25) is 0 Å². The van der Waals surface area contributed by atoms with Crippen LogP contribution in [0.2, 0.25) is 0 Å². The topological polar surface area (TPSA) is 81.1 Å². The summed E-state index contributed by atoms with van der Waals surface area (Å²) in [6, 6.07) is 14.6. The van der Waals surface area contributed by atoms with Crippen LogP contribution in [-0.2, 0) is 0 Å². The molecule has 9 heteroatoms. The van der Waals surface area contributed by atoms with E-state index in [1.807, 2.05) is 29.1 Å². The van der Waals surface area contributed by atoms with Gasteiger partial charge in [0.05, 0.1) is 0 Å². The maximum Gasteiger partial charge on any atom is 0.323 e. The zero-order valence-electron chi connectivity index (χ0n) is 16.3. The Kier molecular flexibility index (Phi) is 5.57. The molecule has 0 bridgehead atoms. The Morgan fingerprint density at radius 1 is 0.903 bits per heavy atom. The summed E-state index contributed by atoms with van der Waals surface area (Å²) >= 11 is 0. The molecule has 2 aromatic heterocycles. The van der Waals surface area contributed by atoms with Crippen molar-refractivity contribution in [3.63, 3.8) is 0 Å². The molecule has 156 valence electrons. The molecule has 0 atom stereocenters. The van der Waals surface area contributed by atoms with Crippen molar-refractivity contribution in [3.8, 4) is 17.4 Å². The maximum absolute atomic E-state index is 13.2. The van der Waals surface area contributed by atoms with Crippen molar-refractivity contribution in [2.24, 2.45) is 0 Å². The number of carbonyl (C=O) groups excluding carboxylic acids is 1. The smallest absolute Gasteiger partial charge is 0.323 e. The standard InChI is InChI=1S/C22H17F2N5O2/c1-14-25-20(29-10-2-3-11-29)13-21(26-14)31-17-7-4-15(5-8-17)27-22(30)28-16-6-9-18(23)19(24)12-16/h2-13H,1H3,(H2,27,28,30). The summed E-state index contributed by atoms with van der Waals surface area (Å²) in [6.07, 6.45) is 3.74. The summed E-state index contributed by atoms with van der Waals surface area (Å²) < 4.78 is 33.9. The summed E-state index contributed by atoms with van der Waals surface area (Å²) in [5, 5.41) is 5.03. The Morgan fingerprint density at radius 2 is 1.58 bits per heavy atom. The van der Waals surface area contributed by atoms with Crippen LogP contribution in [0.25, 0.3) is 5.82 Å². The van der Waals surface area contributed by atoms with E-state index in [0.717, 1.165) is 12.1 Å². The number of aromatic nitrogens is 3. The third kappa shape index (κ3) is 5.02. The van der Waals surface area contributed by atoms with E-state index in [-0.39, 0.29) is 5.69 Å². The molecule has 0 aliphatic rings. The molecule has 2 heterocycles. The second-order valence-electron chi connectivity index (χ2n) is 6.54. The molecule has 0 saturated carbocycles. The van der Waals surface area contributed by atoms with Gasteiger partial charge < -0.3 is 19.9 Å². The first-order valence-corrected chi connectivity index (χ1v) is 9.26. The number of hydrogen-bond acceptors (Lipinski definition) is 4. The van der Waals surface area contributed by atoms with Gasteiger partial charge in [-0.15, -0.1) is 0 Å². The van der Waals surface area contributed by atoms with Gasteiger partial charge in [0.2, 0.25) is 5.88 Å². The van der Waals surface area contributed by atoms with Crippen LogP contribution >= 0.6 is 0 Å². The van der Waals surface area contributed by atoms with Crippen molar-refractivity contribution in [3.05, 3.63) is 90.5 Å². The SMILES string of the molecule is Cc1nc(Oc2ccc(NC(=O)Nc3ccc(F)c(F)c3)cc2)cc(-n2cccc2)n1. The number of nitrogens with zero attached hydrogens (tertiary/aromatic N) is 3. The molecule has 0 spiro atoms. The monoisotopic (exact) mass is 421 g/mol. The summed E-state index contributed by atoms with van der Waals surface area (Å²) in [4.78, 5) is 20.7. The third-order valence-electron chi connectivity index (χ3n) is 4.18. The van der Waals surface area contributed by atoms with Gasteiger partial charge in [0.1, 0.15) is 17.4 Å². The van der Waals surface area contributed by atoms with Gasteiger partial charge in [0.15, 0.2) is 11.6 Å². The predicted octanol–water partition coefficient (Wildman–Crippen LogP) is 5.29. The third-order valence-corrected chi connectivity index (χ3v) is 4.18. The zero-order chi connectivity index (χ0) is 21.8. The van der Waals surface area contributed by atoms with E-state index < -0.39 is 17.7 Å². The molecule has 0 aliphatic heterocycles. The molecule has 2 amide bonds. The van der Waals surface area contributed by atoms with E-state index >= 15 is 0 Å². The largest absolute Gasteiger partial charge is 0.439 e. The number of benzene rings is 2. The highest BCUT2D eigenvalue weighted by Crippen LogP contribution is 2.23. The maximum atomic E-state index is 13.2. The van der Waals surface area contributed by atoms with Crippen molar-refractivity contribution in [2.45, 2.75) is 6.92 Å². The lowest BCUT2D eigenvalue weighted by Crippen LogP contribution is -2.19. The highest BCUT2D eigenvalue weighted by atomic mass is 19.2. The molecule has 0 saturated heterocycles. The second-order valence-corrected chi connectivity index (χ2v) is 6.54. The fraction of sp³-hybridized carbons (Fsp3) is 0.0455. The molecule has 4 aromatic rings. The van der Waals surface area contributed by atoms with Crippen LogP contribution < -0.4 is 15.4 Å². The summed E-state index contributed by atoms with van der Waals surface area (Å²) in [7, 11) is 0. The van der Waals surface area contributed by atoms with Crippen LogP contribution in [0.15, 0.2) is 73.1 Å². The lowest BCUT2D eigenvalue weighted by atomic mass is 10.3. The zero-order valence-corrected chi connectivity index (χ0v) is 16.3. The molecule has 2 N–H and O–H groups in total. The van der Waals surface area contributed by atoms with Crippen LogP contribution in [0.4, 0.5) is 25.0 Å². The van der Waals surface area contributed by atoms with Crippen LogP contribution in [-0.4, -0.2) is 20.6 Å². The van der Waals surface area contributed by atoms with Gasteiger partial charge in [0, 0.05) is 35.9 Å². The number of amides is 2. The van der Waals surface area contributed by atoms with E-state index in [0.29, 0.717) is 29.0 Å². The molecule has 31 heavy (non-hydrogen) atoms. The number of ether oxygens (including phenoxy) is 1. The Morgan fingerprint density at radius 3 is 2.29 bits per heavy atom. The highest BCUT2D eigenvalue weighted by Gasteiger charge is 2.08. The van der Waals surface area contributed by atoms with E-state index in [2.05, 4.69) is 20.6 Å². The number of nitrogens with one attached hydrogen (secondary N) is 2. The first-order chi connectivity index (χ1) is 15.0. The average molecular weight is 421 g/mol. The lowest BCUT2D eigenvalue weighted by molar-refractivity contribution is 0.262. The predicted molar refractivity (Wildman–Crippen MR) is 112 cm³/mol. The lowest BCUT2D eigenvalue weighted by Gasteiger charge is -2.10. The molecule has 0 radical (unpaired) electrons. The average Bonchev–Trinajstić information content (AvgIpc) is 3.27. The van der Waals surface area contributed by atoms with Crippen molar-refractivity contribution in [1.82, 2.24) is 14.5 Å². The van der Waals surface area contributed by atoms with E-state index in [9.17, 15) is 13.6 Å². The molecule has 2 aromatic carbocycles. The highest BCUT2D eigenvalue weighted by molar-refractivity contribution is 5.99. The molecular weight excluding hydrogens is 404 g/mol. The van der Waals surface area contributed by atoms with Crippen molar-refractivity contribution < 1.29 is 18.3 Å². The Labute approximate surface area is 176 Å². The minimum atomic E-state index is -1.04. The minimum Gasteiger partial charge on any atom is -0.439 e. The first-order valence-electron chi connectivity index (χ1n) is 9.26. The van der Waals surface area contributed by atoms with E-state index in [1.165, 1.54) is 6.07 Å². The van der Waals surface area contributed by atoms with Crippen LogP contribution in [0.1, 0.15) is 5.82 Å². The van der Waals surface area contributed by atoms with Gasteiger partial charge in [0.25, 0.3) is 0 Å². The quantitative estimate of drug-likeness (QED) is 0.459. The van der Waals surface area contributed by atoms with Crippen LogP contribution in [0.3, 0.4) is 0 Å². The second kappa shape index (κ2) is 8.62. The number of halogens is 2. The number of hydrogen-bond donors (Lipinski definition) is 2. The van der Waals surface area contributed by atoms with Crippen LogP contribution in [0, 0.1) is 18.6 Å². The van der Waals surface area contributed by atoms with E-state index in [1.54, 1.807) is 37.3 Å². The summed E-state index contributed by atoms with van der Waals surface area (Å²) in [5.74, 6) is 0.115. The number of carbonyl (C=O) groups is 1. The molecule has 0 fully saturated rings. The number of aryl methyl sites for hydroxylation is 1. The minimum absolute atomic E-state index is 0.133. The van der Waals surface area contributed by atoms with Gasteiger partial charge in [-0.1, -0.05) is 0 Å². The fourth-order valence-electron chi connectivity index (χ4n) is 2.79. The first kappa shape index (κ1) is 20.0. The molecule has 0 unspecified atom stereocenters. The van der Waals surface area contributed by atoms with Gasteiger partial charge >= 0.3 is 6.03 Å². The molecule has 4 rings (SSSR count). The molecular formula is C22H17F2N5O2. The van der Waals surface area contributed by atoms with Crippen molar-refractivity contribution in [1.29, 1.82) is 0 Å². The number of rotatable bonds is 5. The normalized spacial score (nSPS) is 10.5. The summed E-state index contributed by atoms with van der Waals surface area (Å²) in [6.45, 7) is 1.78. The Hall–Kier alpha value is -4.27.